The van der Waals surface area contributed by atoms with Gasteiger partial charge >= 0.3 is 0 Å². The van der Waals surface area contributed by atoms with Crippen LogP contribution in [0.5, 0.6) is 28.7 Å². The topological polar surface area (TPSA) is 133 Å². The van der Waals surface area contributed by atoms with Gasteiger partial charge in [0.2, 0.25) is 17.6 Å². The van der Waals surface area contributed by atoms with E-state index in [2.05, 4.69) is 5.32 Å². The molecule has 35 heavy (non-hydrogen) atoms. The number of ether oxygens (including phenoxy) is 4. The van der Waals surface area contributed by atoms with Crippen LogP contribution in [0.25, 0.3) is 0 Å². The van der Waals surface area contributed by atoms with Crippen molar-refractivity contribution >= 4 is 17.5 Å². The number of rotatable bonds is 11. The highest BCUT2D eigenvalue weighted by Crippen LogP contribution is 2.49. The van der Waals surface area contributed by atoms with Crippen molar-refractivity contribution in [2.45, 2.75) is 25.9 Å². The average molecular weight is 488 g/mol. The highest BCUT2D eigenvalue weighted by molar-refractivity contribution is 6.04. The van der Waals surface area contributed by atoms with Crippen molar-refractivity contribution in [1.29, 1.82) is 0 Å². The molecule has 10 heteroatoms. The fraction of sp³-hybridized carbons (Fsp3) is 0.440. The minimum Gasteiger partial charge on any atom is -0.504 e. The van der Waals surface area contributed by atoms with Gasteiger partial charge in [-0.2, -0.15) is 0 Å². The monoisotopic (exact) mass is 487 g/mol. The van der Waals surface area contributed by atoms with E-state index >= 15 is 0 Å². The van der Waals surface area contributed by atoms with Crippen LogP contribution in [0.1, 0.15) is 25.5 Å². The zero-order chi connectivity index (χ0) is 25.9. The fourth-order valence-corrected chi connectivity index (χ4v) is 4.43. The van der Waals surface area contributed by atoms with Crippen molar-refractivity contribution in [1.82, 2.24) is 5.32 Å². The molecule has 1 heterocycles. The summed E-state index contributed by atoms with van der Waals surface area (Å²) in [5.41, 5.74) is 6.78. The summed E-state index contributed by atoms with van der Waals surface area (Å²) in [5, 5.41) is 13.5. The molecule has 0 aliphatic carbocycles. The number of nitrogens with two attached hydrogens (primary N) is 1. The Morgan fingerprint density at radius 3 is 2.09 bits per heavy atom. The van der Waals surface area contributed by atoms with Crippen LogP contribution in [0, 0.1) is 11.8 Å². The van der Waals surface area contributed by atoms with Crippen LogP contribution in [0.3, 0.4) is 0 Å². The van der Waals surface area contributed by atoms with E-state index in [-0.39, 0.29) is 24.1 Å². The number of primary amides is 1. The lowest BCUT2D eigenvalue weighted by Crippen LogP contribution is -2.60. The van der Waals surface area contributed by atoms with Gasteiger partial charge in [0.15, 0.2) is 23.0 Å². The van der Waals surface area contributed by atoms with Crippen LogP contribution >= 0.6 is 0 Å². The molecular weight excluding hydrogens is 454 g/mol. The number of hydrogen-bond acceptors (Lipinski definition) is 8. The summed E-state index contributed by atoms with van der Waals surface area (Å²) >= 11 is 0. The van der Waals surface area contributed by atoms with Gasteiger partial charge < -0.3 is 40.0 Å². The van der Waals surface area contributed by atoms with Crippen LogP contribution < -0.4 is 34.9 Å². The number of methoxy groups -OCH3 is 4. The van der Waals surface area contributed by atoms with Crippen molar-refractivity contribution in [2.24, 2.45) is 17.6 Å². The summed E-state index contributed by atoms with van der Waals surface area (Å²) in [7, 11) is 5.97. The zero-order valence-corrected chi connectivity index (χ0v) is 20.8. The third kappa shape index (κ3) is 4.93. The first-order valence-corrected chi connectivity index (χ1v) is 11.2. The first-order valence-electron chi connectivity index (χ1n) is 11.2. The summed E-state index contributed by atoms with van der Waals surface area (Å²) in [6.45, 7) is 3.99. The second-order valence-electron chi connectivity index (χ2n) is 8.61. The van der Waals surface area contributed by atoms with Gasteiger partial charge in [-0.1, -0.05) is 19.9 Å². The van der Waals surface area contributed by atoms with Crippen LogP contribution in [0.15, 0.2) is 30.3 Å². The Kier molecular flexibility index (Phi) is 7.96. The minimum absolute atomic E-state index is 0.0434. The number of phenols is 1. The Labute approximate surface area is 204 Å². The molecule has 4 N–H and O–H groups in total. The maximum absolute atomic E-state index is 13.4. The smallest absolute Gasteiger partial charge is 0.234 e. The standard InChI is InChI=1S/C25H33N3O7/c1-13(2)21(24(26)30)27-12-16-22(14-7-8-18(32-3)17(29)9-14)28(25(16)31)15-10-19(33-4)23(35-6)20(11-15)34-5/h7-11,13,16,21-22,27,29H,12H2,1-6H3,(H2,26,30)/t16-,21-,22-/m0/s1. The number of amides is 2. The Bertz CT molecular complexity index is 1060. The SMILES string of the molecule is COc1ccc([C@H]2[C@H](CN[C@H](C(N)=O)C(C)C)C(=O)N2c2cc(OC)c(OC)c(OC)c2)cc1O. The van der Waals surface area contributed by atoms with Gasteiger partial charge in [0.1, 0.15) is 0 Å². The Morgan fingerprint density at radius 1 is 1.03 bits per heavy atom. The summed E-state index contributed by atoms with van der Waals surface area (Å²) < 4.78 is 21.5. The number of carbonyl (C=O) groups excluding carboxylic acids is 2. The van der Waals surface area contributed by atoms with Crippen LogP contribution in [0.4, 0.5) is 5.69 Å². The van der Waals surface area contributed by atoms with E-state index in [0.29, 0.717) is 34.2 Å². The molecule has 1 saturated heterocycles. The van der Waals surface area contributed by atoms with Gasteiger partial charge in [-0.15, -0.1) is 0 Å². The summed E-state index contributed by atoms with van der Waals surface area (Å²) in [5.74, 6) is 0.290. The van der Waals surface area contributed by atoms with E-state index in [1.54, 1.807) is 35.2 Å². The number of nitrogens with zero attached hydrogens (tertiary/aromatic N) is 1. The summed E-state index contributed by atoms with van der Waals surface area (Å²) in [6.07, 6.45) is 0. The van der Waals surface area contributed by atoms with E-state index in [9.17, 15) is 14.7 Å². The largest absolute Gasteiger partial charge is 0.504 e. The Balaban J connectivity index is 2.03. The summed E-state index contributed by atoms with van der Waals surface area (Å²) in [4.78, 5) is 26.9. The minimum atomic E-state index is -0.581. The molecule has 0 aromatic heterocycles. The van der Waals surface area contributed by atoms with Gasteiger partial charge in [0, 0.05) is 18.7 Å². The van der Waals surface area contributed by atoms with Crippen molar-refractivity contribution in [2.75, 3.05) is 39.9 Å². The number of benzene rings is 2. The van der Waals surface area contributed by atoms with Crippen LogP contribution in [-0.4, -0.2) is 57.9 Å². The molecule has 2 amide bonds. The molecule has 0 saturated carbocycles. The van der Waals surface area contributed by atoms with Crippen molar-refractivity contribution in [3.05, 3.63) is 35.9 Å². The molecule has 2 aromatic rings. The lowest BCUT2D eigenvalue weighted by Gasteiger charge is -2.48. The van der Waals surface area contributed by atoms with Crippen molar-refractivity contribution in [3.8, 4) is 28.7 Å². The molecule has 1 aliphatic rings. The highest BCUT2D eigenvalue weighted by atomic mass is 16.5. The normalized spacial score (nSPS) is 18.1. The lowest BCUT2D eigenvalue weighted by atomic mass is 9.81. The molecule has 3 atom stereocenters. The quantitative estimate of drug-likeness (QED) is 0.411. The predicted octanol–water partition coefficient (Wildman–Crippen LogP) is 2.23. The number of phenolic OH excluding ortho intramolecular Hbond substituents is 1. The fourth-order valence-electron chi connectivity index (χ4n) is 4.43. The predicted molar refractivity (Wildman–Crippen MR) is 130 cm³/mol. The molecule has 0 bridgehead atoms. The first-order chi connectivity index (χ1) is 16.7. The van der Waals surface area contributed by atoms with Crippen LogP contribution in [-0.2, 0) is 9.59 Å². The molecule has 1 aliphatic heterocycles. The van der Waals surface area contributed by atoms with E-state index in [1.165, 1.54) is 28.4 Å². The number of nitrogens with one attached hydrogen (secondary N) is 1. The van der Waals surface area contributed by atoms with Crippen molar-refractivity contribution < 1.29 is 33.6 Å². The van der Waals surface area contributed by atoms with E-state index in [4.69, 9.17) is 24.7 Å². The molecule has 0 unspecified atom stereocenters. The van der Waals surface area contributed by atoms with E-state index in [1.807, 2.05) is 13.8 Å². The average Bonchev–Trinajstić information content (AvgIpc) is 2.83. The number of anilines is 1. The first kappa shape index (κ1) is 26.0. The number of aromatic hydroxyl groups is 1. The van der Waals surface area contributed by atoms with Gasteiger partial charge in [0.05, 0.1) is 52.1 Å². The molecule has 190 valence electrons. The molecule has 0 spiro atoms. The summed E-state index contributed by atoms with van der Waals surface area (Å²) in [6, 6.07) is 7.37. The van der Waals surface area contributed by atoms with Gasteiger partial charge in [-0.3, -0.25) is 9.59 Å². The molecule has 0 radical (unpaired) electrons. The molecule has 10 nitrogen and oxygen atoms in total. The van der Waals surface area contributed by atoms with Gasteiger partial charge in [-0.05, 0) is 23.6 Å². The molecule has 2 aromatic carbocycles. The second-order valence-corrected chi connectivity index (χ2v) is 8.61. The number of β-lactam (4-membered cyclic amide) rings is 1. The molecular formula is C25H33N3O7. The maximum Gasteiger partial charge on any atom is 0.234 e. The van der Waals surface area contributed by atoms with E-state index in [0.717, 1.165) is 0 Å². The van der Waals surface area contributed by atoms with Gasteiger partial charge in [0.25, 0.3) is 0 Å². The van der Waals surface area contributed by atoms with Crippen LogP contribution in [0.2, 0.25) is 0 Å². The third-order valence-electron chi connectivity index (χ3n) is 6.22. The molecule has 1 fully saturated rings. The molecule has 3 rings (SSSR count). The van der Waals surface area contributed by atoms with Gasteiger partial charge in [-0.25, -0.2) is 0 Å². The highest BCUT2D eigenvalue weighted by Gasteiger charge is 2.49. The number of carbonyl (C=O) groups is 2. The van der Waals surface area contributed by atoms with Crippen molar-refractivity contribution in [3.63, 3.8) is 0 Å². The van der Waals surface area contributed by atoms with E-state index < -0.39 is 23.9 Å². The zero-order valence-electron chi connectivity index (χ0n) is 20.8. The number of hydrogen-bond donors (Lipinski definition) is 3. The Morgan fingerprint density at radius 2 is 1.63 bits per heavy atom. The maximum atomic E-state index is 13.4. The second kappa shape index (κ2) is 10.7. The third-order valence-corrected chi connectivity index (χ3v) is 6.22. The Hall–Kier alpha value is -3.66. The lowest BCUT2D eigenvalue weighted by molar-refractivity contribution is -0.131.